The highest BCUT2D eigenvalue weighted by Gasteiger charge is 2.19. The van der Waals surface area contributed by atoms with Crippen LogP contribution in [0.15, 0.2) is 40.9 Å². The molecule has 3 rings (SSSR count). The Hall–Kier alpha value is -1.65. The second kappa shape index (κ2) is 5.62. The Labute approximate surface area is 135 Å². The van der Waals surface area contributed by atoms with Crippen LogP contribution in [0.4, 0.5) is 0 Å². The zero-order valence-electron chi connectivity index (χ0n) is 11.0. The number of hydrogen-bond donors (Lipinski definition) is 1. The van der Waals surface area contributed by atoms with Gasteiger partial charge in [-0.05, 0) is 36.2 Å². The summed E-state index contributed by atoms with van der Waals surface area (Å²) >= 11 is 9.30. The number of halogens is 2. The van der Waals surface area contributed by atoms with E-state index in [1.54, 1.807) is 30.3 Å². The Bertz CT molecular complexity index is 738. The molecule has 0 aliphatic carbocycles. The van der Waals surface area contributed by atoms with E-state index in [9.17, 15) is 9.59 Å². The van der Waals surface area contributed by atoms with Gasteiger partial charge < -0.3 is 5.32 Å². The van der Waals surface area contributed by atoms with Crippen molar-refractivity contribution in [3.63, 3.8) is 0 Å². The predicted octanol–water partition coefficient (Wildman–Crippen LogP) is 3.62. The molecule has 2 aromatic rings. The fourth-order valence-corrected chi connectivity index (χ4v) is 3.26. The van der Waals surface area contributed by atoms with Gasteiger partial charge in [-0.3, -0.25) is 9.59 Å². The van der Waals surface area contributed by atoms with Crippen LogP contribution in [0.25, 0.3) is 0 Å². The van der Waals surface area contributed by atoms with Crippen molar-refractivity contribution in [1.29, 1.82) is 0 Å². The molecule has 2 aromatic carbocycles. The molecule has 5 heteroatoms. The van der Waals surface area contributed by atoms with E-state index >= 15 is 0 Å². The average molecular weight is 365 g/mol. The van der Waals surface area contributed by atoms with E-state index in [4.69, 9.17) is 11.6 Å². The normalized spacial score (nSPS) is 13.5. The Morgan fingerprint density at radius 3 is 2.71 bits per heavy atom. The minimum Gasteiger partial charge on any atom is -0.352 e. The fraction of sp³-hybridized carbons (Fsp3) is 0.125. The molecule has 0 spiro atoms. The number of nitrogens with one attached hydrogen (secondary N) is 1. The molecule has 0 fully saturated rings. The van der Waals surface area contributed by atoms with Crippen molar-refractivity contribution in [1.82, 2.24) is 5.32 Å². The third kappa shape index (κ3) is 2.87. The number of ketones is 1. The summed E-state index contributed by atoms with van der Waals surface area (Å²) < 4.78 is 0.744. The zero-order valence-corrected chi connectivity index (χ0v) is 13.3. The van der Waals surface area contributed by atoms with E-state index < -0.39 is 0 Å². The maximum atomic E-state index is 12.5. The molecule has 3 nitrogen and oxygen atoms in total. The highest BCUT2D eigenvalue weighted by atomic mass is 79.9. The Balaban J connectivity index is 2.02. The highest BCUT2D eigenvalue weighted by Crippen LogP contribution is 2.23. The van der Waals surface area contributed by atoms with Crippen molar-refractivity contribution in [2.45, 2.75) is 6.42 Å². The number of carbonyl (C=O) groups is 2. The SMILES string of the molecule is O=C(c1cc(Cl)cc(Br)c1)c1ccc2c(c1)C(=O)NCC2. The van der Waals surface area contributed by atoms with Crippen LogP contribution >= 0.6 is 27.5 Å². The molecule has 0 bridgehead atoms. The highest BCUT2D eigenvalue weighted by molar-refractivity contribution is 9.10. The first-order chi connectivity index (χ1) is 10.0. The first kappa shape index (κ1) is 14.3. The molecule has 1 N–H and O–H groups in total. The lowest BCUT2D eigenvalue weighted by Crippen LogP contribution is -2.32. The molecular formula is C16H11BrClNO2. The van der Waals surface area contributed by atoms with Gasteiger partial charge in [0.2, 0.25) is 0 Å². The molecule has 0 radical (unpaired) electrons. The van der Waals surface area contributed by atoms with Crippen molar-refractivity contribution in [3.05, 3.63) is 68.1 Å². The lowest BCUT2D eigenvalue weighted by Gasteiger charge is -2.17. The van der Waals surface area contributed by atoms with Crippen molar-refractivity contribution in [2.24, 2.45) is 0 Å². The smallest absolute Gasteiger partial charge is 0.251 e. The average Bonchev–Trinajstić information content (AvgIpc) is 2.45. The van der Waals surface area contributed by atoms with Gasteiger partial charge in [0.1, 0.15) is 0 Å². The van der Waals surface area contributed by atoms with Crippen LogP contribution in [0.2, 0.25) is 5.02 Å². The van der Waals surface area contributed by atoms with Crippen molar-refractivity contribution < 1.29 is 9.59 Å². The Kier molecular flexibility index (Phi) is 3.83. The molecule has 21 heavy (non-hydrogen) atoms. The largest absolute Gasteiger partial charge is 0.352 e. The van der Waals surface area contributed by atoms with E-state index in [-0.39, 0.29) is 11.7 Å². The predicted molar refractivity (Wildman–Crippen MR) is 85.1 cm³/mol. The molecule has 1 heterocycles. The monoisotopic (exact) mass is 363 g/mol. The minimum atomic E-state index is -0.153. The van der Waals surface area contributed by atoms with Gasteiger partial charge >= 0.3 is 0 Å². The third-order valence-electron chi connectivity index (χ3n) is 3.42. The van der Waals surface area contributed by atoms with Gasteiger partial charge in [-0.25, -0.2) is 0 Å². The van der Waals surface area contributed by atoms with Crippen LogP contribution in [0, 0.1) is 0 Å². The van der Waals surface area contributed by atoms with Gasteiger partial charge in [0, 0.05) is 32.7 Å². The van der Waals surface area contributed by atoms with Crippen molar-refractivity contribution in [2.75, 3.05) is 6.54 Å². The fourth-order valence-electron chi connectivity index (χ4n) is 2.40. The summed E-state index contributed by atoms with van der Waals surface area (Å²) in [7, 11) is 0. The number of benzene rings is 2. The van der Waals surface area contributed by atoms with Gasteiger partial charge in [0.15, 0.2) is 5.78 Å². The third-order valence-corrected chi connectivity index (χ3v) is 4.10. The van der Waals surface area contributed by atoms with Crippen LogP contribution in [0.1, 0.15) is 31.8 Å². The summed E-state index contributed by atoms with van der Waals surface area (Å²) in [5, 5.41) is 3.27. The molecule has 0 atom stereocenters. The van der Waals surface area contributed by atoms with Gasteiger partial charge in [-0.15, -0.1) is 0 Å². The summed E-state index contributed by atoms with van der Waals surface area (Å²) in [4.78, 5) is 24.4. The number of amides is 1. The molecule has 1 aliphatic rings. The van der Waals surface area contributed by atoms with E-state index in [2.05, 4.69) is 21.2 Å². The molecule has 106 valence electrons. The van der Waals surface area contributed by atoms with Gasteiger partial charge in [-0.1, -0.05) is 39.7 Å². The van der Waals surface area contributed by atoms with Gasteiger partial charge in [0.05, 0.1) is 0 Å². The van der Waals surface area contributed by atoms with Gasteiger partial charge in [0.25, 0.3) is 5.91 Å². The topological polar surface area (TPSA) is 46.2 Å². The van der Waals surface area contributed by atoms with E-state index in [0.29, 0.717) is 28.3 Å². The summed E-state index contributed by atoms with van der Waals surface area (Å²) in [5.41, 5.74) is 2.53. The lowest BCUT2D eigenvalue weighted by atomic mass is 9.94. The number of carbonyl (C=O) groups excluding carboxylic acids is 2. The molecule has 0 saturated carbocycles. The van der Waals surface area contributed by atoms with E-state index in [1.165, 1.54) is 0 Å². The standard InChI is InChI=1S/C16H11BrClNO2/c17-12-5-11(6-13(18)8-12)15(20)10-2-1-9-3-4-19-16(21)14(9)7-10/h1-2,5-8H,3-4H2,(H,19,21). The maximum Gasteiger partial charge on any atom is 0.251 e. The van der Waals surface area contributed by atoms with Crippen molar-refractivity contribution in [3.8, 4) is 0 Å². The van der Waals surface area contributed by atoms with Crippen LogP contribution in [-0.4, -0.2) is 18.2 Å². The zero-order chi connectivity index (χ0) is 15.0. The molecule has 0 aromatic heterocycles. The van der Waals surface area contributed by atoms with Gasteiger partial charge in [-0.2, -0.15) is 0 Å². The summed E-state index contributed by atoms with van der Waals surface area (Å²) in [5.74, 6) is -0.280. The quantitative estimate of drug-likeness (QED) is 0.827. The van der Waals surface area contributed by atoms with E-state index in [1.807, 2.05) is 6.07 Å². The van der Waals surface area contributed by atoms with Crippen LogP contribution < -0.4 is 5.32 Å². The molecular weight excluding hydrogens is 354 g/mol. The van der Waals surface area contributed by atoms with Crippen LogP contribution in [0.5, 0.6) is 0 Å². The second-order valence-corrected chi connectivity index (χ2v) is 6.22. The number of rotatable bonds is 2. The first-order valence-electron chi connectivity index (χ1n) is 6.46. The molecule has 1 amide bonds. The Morgan fingerprint density at radius 2 is 1.95 bits per heavy atom. The Morgan fingerprint density at radius 1 is 1.14 bits per heavy atom. The number of hydrogen-bond acceptors (Lipinski definition) is 2. The first-order valence-corrected chi connectivity index (χ1v) is 7.63. The minimum absolute atomic E-state index is 0.127. The summed E-state index contributed by atoms with van der Waals surface area (Å²) in [6.45, 7) is 0.639. The second-order valence-electron chi connectivity index (χ2n) is 4.87. The van der Waals surface area contributed by atoms with Crippen LogP contribution in [-0.2, 0) is 6.42 Å². The molecule has 0 unspecified atom stereocenters. The molecule has 0 saturated heterocycles. The van der Waals surface area contributed by atoms with E-state index in [0.717, 1.165) is 16.5 Å². The summed E-state index contributed by atoms with van der Waals surface area (Å²) in [6.07, 6.45) is 0.790. The maximum absolute atomic E-state index is 12.5. The number of fused-ring (bicyclic) bond motifs is 1. The van der Waals surface area contributed by atoms with Crippen molar-refractivity contribution >= 4 is 39.2 Å². The molecule has 1 aliphatic heterocycles. The van der Waals surface area contributed by atoms with Crippen LogP contribution in [0.3, 0.4) is 0 Å². The lowest BCUT2D eigenvalue weighted by molar-refractivity contribution is 0.0946. The summed E-state index contributed by atoms with van der Waals surface area (Å²) in [6, 6.07) is 10.3.